The van der Waals surface area contributed by atoms with Crippen molar-refractivity contribution in [1.82, 2.24) is 9.80 Å². The molecule has 94 valence electrons. The molecule has 1 aromatic rings. The van der Waals surface area contributed by atoms with Gasteiger partial charge in [0.1, 0.15) is 0 Å². The largest absolute Gasteiger partial charge is 0.308 e. The molecule has 0 heterocycles. The Kier molecular flexibility index (Phi) is 5.62. The fourth-order valence-corrected chi connectivity index (χ4v) is 1.55. The molecule has 0 aliphatic carbocycles. The Labute approximate surface area is 108 Å². The Morgan fingerprint density at radius 1 is 1.12 bits per heavy atom. The SMILES string of the molecule is CN(C)CCN(C)CC(=O)c1ccc(Cl)cc1. The van der Waals surface area contributed by atoms with Crippen molar-refractivity contribution < 1.29 is 4.79 Å². The molecule has 0 amide bonds. The van der Waals surface area contributed by atoms with Gasteiger partial charge in [-0.1, -0.05) is 11.6 Å². The Hall–Kier alpha value is -0.900. The van der Waals surface area contributed by atoms with Gasteiger partial charge in [-0.2, -0.15) is 0 Å². The summed E-state index contributed by atoms with van der Waals surface area (Å²) >= 11 is 5.78. The van der Waals surface area contributed by atoms with Crippen LogP contribution in [-0.2, 0) is 0 Å². The summed E-state index contributed by atoms with van der Waals surface area (Å²) in [5.41, 5.74) is 0.714. The summed E-state index contributed by atoms with van der Waals surface area (Å²) in [6.45, 7) is 2.27. The van der Waals surface area contributed by atoms with Crippen LogP contribution in [0.1, 0.15) is 10.4 Å². The molecule has 17 heavy (non-hydrogen) atoms. The summed E-state index contributed by atoms with van der Waals surface area (Å²) in [5.74, 6) is 0.128. The van der Waals surface area contributed by atoms with E-state index in [1.807, 2.05) is 26.0 Å². The molecule has 0 fully saturated rings. The number of halogens is 1. The van der Waals surface area contributed by atoms with Crippen LogP contribution in [0.2, 0.25) is 5.02 Å². The van der Waals surface area contributed by atoms with E-state index in [-0.39, 0.29) is 5.78 Å². The number of benzene rings is 1. The lowest BCUT2D eigenvalue weighted by atomic mass is 10.1. The average Bonchev–Trinajstić information content (AvgIpc) is 2.27. The molecule has 0 bridgehead atoms. The van der Waals surface area contributed by atoms with Crippen molar-refractivity contribution in [2.24, 2.45) is 0 Å². The first-order chi connectivity index (χ1) is 7.99. The Morgan fingerprint density at radius 3 is 2.24 bits per heavy atom. The lowest BCUT2D eigenvalue weighted by Gasteiger charge is -2.18. The zero-order chi connectivity index (χ0) is 12.8. The van der Waals surface area contributed by atoms with E-state index in [4.69, 9.17) is 11.6 Å². The second-order valence-corrected chi connectivity index (χ2v) is 4.91. The molecule has 0 atom stereocenters. The normalized spacial score (nSPS) is 11.2. The van der Waals surface area contributed by atoms with E-state index in [2.05, 4.69) is 4.90 Å². The highest BCUT2D eigenvalue weighted by molar-refractivity contribution is 6.30. The average molecular weight is 255 g/mol. The first-order valence-electron chi connectivity index (χ1n) is 5.61. The number of Topliss-reactive ketones (excluding diaryl/α,β-unsaturated/α-hetero) is 1. The van der Waals surface area contributed by atoms with Gasteiger partial charge in [0, 0.05) is 23.7 Å². The van der Waals surface area contributed by atoms with Gasteiger partial charge in [0.15, 0.2) is 5.78 Å². The van der Waals surface area contributed by atoms with E-state index in [1.165, 1.54) is 0 Å². The molecule has 3 nitrogen and oxygen atoms in total. The molecule has 0 aliphatic rings. The maximum Gasteiger partial charge on any atom is 0.176 e. The lowest BCUT2D eigenvalue weighted by molar-refractivity contribution is 0.0942. The number of carbonyl (C=O) groups excluding carboxylic acids is 1. The number of ketones is 1. The van der Waals surface area contributed by atoms with E-state index in [0.717, 1.165) is 13.1 Å². The smallest absolute Gasteiger partial charge is 0.176 e. The number of carbonyl (C=O) groups is 1. The van der Waals surface area contributed by atoms with E-state index in [9.17, 15) is 4.79 Å². The zero-order valence-corrected chi connectivity index (χ0v) is 11.4. The standard InChI is InChI=1S/C13H19ClN2O/c1-15(2)8-9-16(3)10-13(17)11-4-6-12(14)7-5-11/h4-7H,8-10H2,1-3H3. The molecule has 0 saturated heterocycles. The van der Waals surface area contributed by atoms with Crippen LogP contribution in [0.3, 0.4) is 0 Å². The van der Waals surface area contributed by atoms with Crippen molar-refractivity contribution >= 4 is 17.4 Å². The van der Waals surface area contributed by atoms with Gasteiger partial charge >= 0.3 is 0 Å². The van der Waals surface area contributed by atoms with E-state index in [1.54, 1.807) is 24.3 Å². The van der Waals surface area contributed by atoms with Gasteiger partial charge in [-0.25, -0.2) is 0 Å². The van der Waals surface area contributed by atoms with Crippen molar-refractivity contribution in [2.45, 2.75) is 0 Å². The fourth-order valence-electron chi connectivity index (χ4n) is 1.42. The molecular formula is C13H19ClN2O. The first kappa shape index (κ1) is 14.2. The first-order valence-corrected chi connectivity index (χ1v) is 5.99. The minimum Gasteiger partial charge on any atom is -0.308 e. The monoisotopic (exact) mass is 254 g/mol. The lowest BCUT2D eigenvalue weighted by Crippen LogP contribution is -2.32. The molecule has 1 aromatic carbocycles. The van der Waals surface area contributed by atoms with Gasteiger partial charge in [-0.05, 0) is 45.4 Å². The third-order valence-electron chi connectivity index (χ3n) is 2.51. The van der Waals surface area contributed by atoms with Crippen LogP contribution in [0.5, 0.6) is 0 Å². The minimum absolute atomic E-state index is 0.128. The second kappa shape index (κ2) is 6.74. The molecule has 0 unspecified atom stereocenters. The highest BCUT2D eigenvalue weighted by Crippen LogP contribution is 2.10. The maximum atomic E-state index is 11.9. The van der Waals surface area contributed by atoms with Crippen LogP contribution in [0.15, 0.2) is 24.3 Å². The van der Waals surface area contributed by atoms with Crippen molar-refractivity contribution in [1.29, 1.82) is 0 Å². The topological polar surface area (TPSA) is 23.6 Å². The van der Waals surface area contributed by atoms with E-state index in [0.29, 0.717) is 17.1 Å². The van der Waals surface area contributed by atoms with Gasteiger partial charge in [0.05, 0.1) is 6.54 Å². The molecule has 0 aromatic heterocycles. The molecule has 0 N–H and O–H groups in total. The van der Waals surface area contributed by atoms with Crippen molar-refractivity contribution in [3.05, 3.63) is 34.9 Å². The van der Waals surface area contributed by atoms with Crippen molar-refractivity contribution in [2.75, 3.05) is 40.8 Å². The summed E-state index contributed by atoms with van der Waals surface area (Å²) in [7, 11) is 6.00. The quantitative estimate of drug-likeness (QED) is 0.726. The van der Waals surface area contributed by atoms with Gasteiger partial charge in [0.2, 0.25) is 0 Å². The number of hydrogen-bond donors (Lipinski definition) is 0. The third-order valence-corrected chi connectivity index (χ3v) is 2.76. The molecule has 0 spiro atoms. The van der Waals surface area contributed by atoms with Crippen molar-refractivity contribution in [3.63, 3.8) is 0 Å². The van der Waals surface area contributed by atoms with Gasteiger partial charge in [-0.15, -0.1) is 0 Å². The molecular weight excluding hydrogens is 236 g/mol. The Morgan fingerprint density at radius 2 is 1.71 bits per heavy atom. The molecule has 4 heteroatoms. The highest BCUT2D eigenvalue weighted by atomic mass is 35.5. The van der Waals surface area contributed by atoms with Crippen LogP contribution in [0.4, 0.5) is 0 Å². The van der Waals surface area contributed by atoms with Gasteiger partial charge in [-0.3, -0.25) is 9.69 Å². The number of rotatable bonds is 6. The highest BCUT2D eigenvalue weighted by Gasteiger charge is 2.09. The predicted molar refractivity (Wildman–Crippen MR) is 71.8 cm³/mol. The number of likely N-dealkylation sites (N-methyl/N-ethyl adjacent to an activating group) is 2. The van der Waals surface area contributed by atoms with Crippen LogP contribution in [0.25, 0.3) is 0 Å². The van der Waals surface area contributed by atoms with Gasteiger partial charge in [0.25, 0.3) is 0 Å². The fraction of sp³-hybridized carbons (Fsp3) is 0.462. The van der Waals surface area contributed by atoms with Crippen molar-refractivity contribution in [3.8, 4) is 0 Å². The van der Waals surface area contributed by atoms with Crippen LogP contribution in [-0.4, -0.2) is 56.4 Å². The minimum atomic E-state index is 0.128. The third kappa shape index (κ3) is 5.31. The molecule has 0 aliphatic heterocycles. The summed E-state index contributed by atoms with van der Waals surface area (Å²) in [5, 5.41) is 0.655. The summed E-state index contributed by atoms with van der Waals surface area (Å²) in [6, 6.07) is 7.03. The Balaban J connectivity index is 2.46. The predicted octanol–water partition coefficient (Wildman–Crippen LogP) is 2.02. The number of nitrogens with zero attached hydrogens (tertiary/aromatic N) is 2. The molecule has 0 radical (unpaired) electrons. The molecule has 1 rings (SSSR count). The summed E-state index contributed by atoms with van der Waals surface area (Å²) in [6.07, 6.45) is 0. The summed E-state index contributed by atoms with van der Waals surface area (Å²) in [4.78, 5) is 16.0. The molecule has 0 saturated carbocycles. The van der Waals surface area contributed by atoms with Crippen LogP contribution in [0, 0.1) is 0 Å². The van der Waals surface area contributed by atoms with Crippen LogP contribution < -0.4 is 0 Å². The van der Waals surface area contributed by atoms with Gasteiger partial charge < -0.3 is 4.90 Å². The van der Waals surface area contributed by atoms with E-state index >= 15 is 0 Å². The summed E-state index contributed by atoms with van der Waals surface area (Å²) < 4.78 is 0. The Bertz CT molecular complexity index is 362. The maximum absolute atomic E-state index is 11.9. The second-order valence-electron chi connectivity index (χ2n) is 4.47. The number of hydrogen-bond acceptors (Lipinski definition) is 3. The van der Waals surface area contributed by atoms with E-state index < -0.39 is 0 Å². The zero-order valence-electron chi connectivity index (χ0n) is 10.6. The van der Waals surface area contributed by atoms with Crippen LogP contribution >= 0.6 is 11.6 Å².